The van der Waals surface area contributed by atoms with Gasteiger partial charge in [0.1, 0.15) is 0 Å². The second-order valence-electron chi connectivity index (χ2n) is 8.76. The number of hydrogen-bond donors (Lipinski definition) is 1. The maximum atomic E-state index is 4.63. The number of piperidine rings is 1. The van der Waals surface area contributed by atoms with E-state index in [-0.39, 0.29) is 0 Å². The zero-order valence-electron chi connectivity index (χ0n) is 18.0. The summed E-state index contributed by atoms with van der Waals surface area (Å²) < 4.78 is 0. The summed E-state index contributed by atoms with van der Waals surface area (Å²) in [4.78, 5) is 20.9. The van der Waals surface area contributed by atoms with Crippen molar-refractivity contribution in [1.29, 1.82) is 0 Å². The fourth-order valence-corrected chi connectivity index (χ4v) is 5.33. The van der Waals surface area contributed by atoms with Gasteiger partial charge >= 0.3 is 0 Å². The summed E-state index contributed by atoms with van der Waals surface area (Å²) >= 11 is 0. The van der Waals surface area contributed by atoms with E-state index in [9.17, 15) is 0 Å². The van der Waals surface area contributed by atoms with E-state index >= 15 is 0 Å². The zero-order chi connectivity index (χ0) is 19.9. The van der Waals surface area contributed by atoms with Crippen molar-refractivity contribution in [3.63, 3.8) is 0 Å². The highest BCUT2D eigenvalue weighted by molar-refractivity contribution is 5.80. The molecule has 3 heterocycles. The second kappa shape index (κ2) is 9.74. The topological polar surface area (TPSA) is 59.9 Å². The first-order chi connectivity index (χ1) is 14.3. The summed E-state index contributed by atoms with van der Waals surface area (Å²) in [7, 11) is 1.92. The minimum absolute atomic E-state index is 0.328. The molecule has 0 radical (unpaired) electrons. The molecule has 1 saturated carbocycles. The van der Waals surface area contributed by atoms with Crippen molar-refractivity contribution in [2.45, 2.75) is 56.9 Å². The molecule has 1 N–H and O–H groups in total. The van der Waals surface area contributed by atoms with Gasteiger partial charge in [-0.3, -0.25) is 9.89 Å². The molecule has 3 fully saturated rings. The molecule has 0 aromatic carbocycles. The minimum atomic E-state index is 0.328. The number of nitrogens with zero attached hydrogens (tertiary/aromatic N) is 6. The number of nitrogens with one attached hydrogen (secondary N) is 1. The maximum Gasteiger partial charge on any atom is 0.225 e. The standard InChI is InChI=1S/C22H37N7/c1-23-20(27-15-17-28(18-16-27)21-24-11-8-12-25-21)26-19-22(9-4-2-5-10-22)29-13-6-3-7-14-29/h8,11-12H,2-7,9-10,13-19H2,1H3,(H,23,26). The molecule has 1 aromatic rings. The molecule has 1 aliphatic carbocycles. The number of aliphatic imine (C=N–C) groups is 1. The molecule has 0 spiro atoms. The number of guanidine groups is 1. The first kappa shape index (κ1) is 20.4. The molecule has 160 valence electrons. The molecule has 3 aliphatic rings. The van der Waals surface area contributed by atoms with Crippen molar-refractivity contribution < 1.29 is 0 Å². The van der Waals surface area contributed by atoms with Gasteiger partial charge in [0.15, 0.2) is 5.96 Å². The smallest absolute Gasteiger partial charge is 0.225 e. The minimum Gasteiger partial charge on any atom is -0.354 e. The number of piperazine rings is 1. The molecule has 29 heavy (non-hydrogen) atoms. The summed E-state index contributed by atoms with van der Waals surface area (Å²) in [5.74, 6) is 1.89. The summed E-state index contributed by atoms with van der Waals surface area (Å²) in [6.45, 7) is 7.35. The van der Waals surface area contributed by atoms with Crippen LogP contribution in [0.2, 0.25) is 0 Å². The van der Waals surface area contributed by atoms with Crippen LogP contribution in [0.4, 0.5) is 5.95 Å². The fourth-order valence-electron chi connectivity index (χ4n) is 5.33. The van der Waals surface area contributed by atoms with E-state index in [2.05, 4.69) is 35.0 Å². The SMILES string of the molecule is CN=C(NCC1(N2CCCCC2)CCCCC1)N1CCN(c2ncccn2)CC1. The van der Waals surface area contributed by atoms with Gasteiger partial charge in [0, 0.05) is 57.7 Å². The van der Waals surface area contributed by atoms with E-state index in [1.54, 1.807) is 0 Å². The number of aromatic nitrogens is 2. The first-order valence-corrected chi connectivity index (χ1v) is 11.5. The largest absolute Gasteiger partial charge is 0.354 e. The molecule has 0 amide bonds. The van der Waals surface area contributed by atoms with Crippen molar-refractivity contribution >= 4 is 11.9 Å². The Kier molecular flexibility index (Phi) is 6.85. The van der Waals surface area contributed by atoms with Crippen LogP contribution in [0.1, 0.15) is 51.4 Å². The highest BCUT2D eigenvalue weighted by Crippen LogP contribution is 2.35. The molecule has 0 bridgehead atoms. The second-order valence-corrected chi connectivity index (χ2v) is 8.76. The van der Waals surface area contributed by atoms with Crippen LogP contribution >= 0.6 is 0 Å². The van der Waals surface area contributed by atoms with Crippen LogP contribution in [0.3, 0.4) is 0 Å². The summed E-state index contributed by atoms with van der Waals surface area (Å²) in [6, 6.07) is 1.87. The lowest BCUT2D eigenvalue weighted by Crippen LogP contribution is -2.60. The summed E-state index contributed by atoms with van der Waals surface area (Å²) in [5, 5.41) is 3.79. The van der Waals surface area contributed by atoms with E-state index in [0.717, 1.165) is 44.6 Å². The van der Waals surface area contributed by atoms with Gasteiger partial charge in [-0.15, -0.1) is 0 Å². The van der Waals surface area contributed by atoms with E-state index < -0.39 is 0 Å². The first-order valence-electron chi connectivity index (χ1n) is 11.5. The normalized spacial score (nSPS) is 23.8. The lowest BCUT2D eigenvalue weighted by atomic mass is 9.79. The van der Waals surface area contributed by atoms with Crippen LogP contribution in [0.5, 0.6) is 0 Å². The average Bonchev–Trinajstić information content (AvgIpc) is 2.82. The van der Waals surface area contributed by atoms with Crippen LogP contribution in [-0.4, -0.2) is 84.1 Å². The van der Waals surface area contributed by atoms with Gasteiger partial charge in [-0.1, -0.05) is 25.7 Å². The number of rotatable bonds is 4. The Morgan fingerprint density at radius 2 is 1.59 bits per heavy atom. The van der Waals surface area contributed by atoms with Crippen LogP contribution in [0.25, 0.3) is 0 Å². The van der Waals surface area contributed by atoms with Gasteiger partial charge in [0.25, 0.3) is 0 Å². The molecule has 7 nitrogen and oxygen atoms in total. The van der Waals surface area contributed by atoms with Crippen molar-refractivity contribution in [3.8, 4) is 0 Å². The van der Waals surface area contributed by atoms with Crippen LogP contribution in [0.15, 0.2) is 23.5 Å². The Balaban J connectivity index is 1.35. The number of likely N-dealkylation sites (tertiary alicyclic amines) is 1. The van der Waals surface area contributed by atoms with Gasteiger partial charge in [-0.25, -0.2) is 9.97 Å². The van der Waals surface area contributed by atoms with E-state index in [4.69, 9.17) is 0 Å². The van der Waals surface area contributed by atoms with Crippen molar-refractivity contribution in [1.82, 2.24) is 25.1 Å². The average molecular weight is 400 g/mol. The Morgan fingerprint density at radius 1 is 0.931 bits per heavy atom. The molecule has 0 atom stereocenters. The molecular weight excluding hydrogens is 362 g/mol. The van der Waals surface area contributed by atoms with Crippen LogP contribution in [-0.2, 0) is 0 Å². The van der Waals surface area contributed by atoms with Gasteiger partial charge in [0.05, 0.1) is 0 Å². The predicted octanol–water partition coefficient (Wildman–Crippen LogP) is 2.36. The van der Waals surface area contributed by atoms with Crippen LogP contribution < -0.4 is 10.2 Å². The molecule has 2 saturated heterocycles. The predicted molar refractivity (Wildman–Crippen MR) is 118 cm³/mol. The van der Waals surface area contributed by atoms with Crippen molar-refractivity contribution in [2.24, 2.45) is 4.99 Å². The van der Waals surface area contributed by atoms with Gasteiger partial charge in [-0.2, -0.15) is 0 Å². The Morgan fingerprint density at radius 3 is 2.24 bits per heavy atom. The lowest BCUT2D eigenvalue weighted by Gasteiger charge is -2.49. The monoisotopic (exact) mass is 399 g/mol. The third-order valence-corrected chi connectivity index (χ3v) is 7.01. The number of hydrogen-bond acceptors (Lipinski definition) is 5. The van der Waals surface area contributed by atoms with Crippen molar-refractivity contribution in [3.05, 3.63) is 18.5 Å². The molecule has 4 rings (SSSR count). The third-order valence-electron chi connectivity index (χ3n) is 7.01. The lowest BCUT2D eigenvalue weighted by molar-refractivity contribution is 0.0363. The quantitative estimate of drug-likeness (QED) is 0.620. The zero-order valence-corrected chi connectivity index (χ0v) is 18.0. The molecular formula is C22H37N7. The molecule has 0 unspecified atom stereocenters. The Hall–Kier alpha value is -1.89. The number of anilines is 1. The van der Waals surface area contributed by atoms with Gasteiger partial charge < -0.3 is 15.1 Å². The Labute approximate surface area is 175 Å². The molecule has 2 aliphatic heterocycles. The highest BCUT2D eigenvalue weighted by atomic mass is 15.4. The van der Waals surface area contributed by atoms with E-state index in [1.165, 1.54) is 64.5 Å². The van der Waals surface area contributed by atoms with Gasteiger partial charge in [-0.05, 0) is 44.8 Å². The third kappa shape index (κ3) is 4.82. The summed E-state index contributed by atoms with van der Waals surface area (Å²) in [6.07, 6.45) is 14.6. The maximum absolute atomic E-state index is 4.63. The molecule has 7 heteroatoms. The highest BCUT2D eigenvalue weighted by Gasteiger charge is 2.38. The van der Waals surface area contributed by atoms with E-state index in [1.807, 2.05) is 25.5 Å². The van der Waals surface area contributed by atoms with Crippen LogP contribution in [0, 0.1) is 0 Å². The summed E-state index contributed by atoms with van der Waals surface area (Å²) in [5.41, 5.74) is 0.328. The fraction of sp³-hybridized carbons (Fsp3) is 0.773. The Bertz CT molecular complexity index is 642. The van der Waals surface area contributed by atoms with Gasteiger partial charge in [0.2, 0.25) is 5.95 Å². The molecule has 1 aromatic heterocycles. The van der Waals surface area contributed by atoms with E-state index in [0.29, 0.717) is 5.54 Å². The van der Waals surface area contributed by atoms with Crippen molar-refractivity contribution in [2.75, 3.05) is 57.8 Å².